The number of hydrogen-bond acceptors (Lipinski definition) is 4. The summed E-state index contributed by atoms with van der Waals surface area (Å²) in [5, 5.41) is 11.1. The highest BCUT2D eigenvalue weighted by atomic mass is 32.2. The van der Waals surface area contributed by atoms with Crippen LogP contribution in [0.2, 0.25) is 0 Å². The predicted molar refractivity (Wildman–Crippen MR) is 89.4 cm³/mol. The zero-order chi connectivity index (χ0) is 14.9. The Morgan fingerprint density at radius 3 is 2.76 bits per heavy atom. The van der Waals surface area contributed by atoms with E-state index in [0.717, 1.165) is 0 Å². The van der Waals surface area contributed by atoms with Crippen LogP contribution in [0.5, 0.6) is 0 Å². The number of aliphatic imine (C=N–C) groups is 1. The minimum Gasteiger partial charge on any atom is -0.291 e. The van der Waals surface area contributed by atoms with Crippen molar-refractivity contribution in [1.29, 1.82) is 5.26 Å². The van der Waals surface area contributed by atoms with Gasteiger partial charge in [0, 0.05) is 11.2 Å². The third kappa shape index (κ3) is 2.66. The van der Waals surface area contributed by atoms with Crippen molar-refractivity contribution in [3.05, 3.63) is 11.8 Å². The van der Waals surface area contributed by atoms with Crippen LogP contribution in [0.4, 0.5) is 0 Å². The maximum atomic E-state index is 9.33. The molecule has 2 atom stereocenters. The molecule has 0 aromatic heterocycles. The monoisotopic (exact) mass is 303 g/mol. The number of fused-ring (bicyclic) bond motifs is 1. The molecular formula is C17H25N3S. The van der Waals surface area contributed by atoms with Gasteiger partial charge in [-0.15, -0.1) is 11.8 Å². The molecular weight excluding hydrogens is 278 g/mol. The number of rotatable bonds is 2. The van der Waals surface area contributed by atoms with Gasteiger partial charge >= 0.3 is 0 Å². The van der Waals surface area contributed by atoms with Crippen molar-refractivity contribution in [2.45, 2.75) is 63.2 Å². The van der Waals surface area contributed by atoms with Crippen molar-refractivity contribution < 1.29 is 0 Å². The van der Waals surface area contributed by atoms with Crippen LogP contribution in [0.3, 0.4) is 0 Å². The molecule has 21 heavy (non-hydrogen) atoms. The van der Waals surface area contributed by atoms with E-state index < -0.39 is 0 Å². The Hall–Kier alpha value is -0.790. The zero-order valence-electron chi connectivity index (χ0n) is 13.1. The summed E-state index contributed by atoms with van der Waals surface area (Å²) in [6.07, 6.45) is 9.79. The molecule has 2 fully saturated rings. The van der Waals surface area contributed by atoms with E-state index in [2.05, 4.69) is 30.9 Å². The molecule has 3 nitrogen and oxygen atoms in total. The summed E-state index contributed by atoms with van der Waals surface area (Å²) in [5.41, 5.74) is 0.740. The Kier molecular flexibility index (Phi) is 4.42. The first-order valence-corrected chi connectivity index (χ1v) is 9.17. The van der Waals surface area contributed by atoms with Crippen molar-refractivity contribution in [3.63, 3.8) is 0 Å². The fraction of sp³-hybridized carbons (Fsp3) is 0.765. The number of allylic oxidation sites excluding steroid dienone is 1. The molecule has 0 bridgehead atoms. The maximum Gasteiger partial charge on any atom is 0.137 e. The van der Waals surface area contributed by atoms with E-state index in [1.165, 1.54) is 56.7 Å². The predicted octanol–water partition coefficient (Wildman–Crippen LogP) is 3.97. The third-order valence-electron chi connectivity index (χ3n) is 5.02. The van der Waals surface area contributed by atoms with Crippen LogP contribution in [-0.2, 0) is 0 Å². The first-order chi connectivity index (χ1) is 10.2. The van der Waals surface area contributed by atoms with Gasteiger partial charge in [0.1, 0.15) is 11.8 Å². The van der Waals surface area contributed by atoms with Crippen molar-refractivity contribution in [3.8, 4) is 6.07 Å². The summed E-state index contributed by atoms with van der Waals surface area (Å²) < 4.78 is 0. The summed E-state index contributed by atoms with van der Waals surface area (Å²) in [4.78, 5) is 7.47. The second-order valence-corrected chi connectivity index (χ2v) is 8.28. The second-order valence-electron chi connectivity index (χ2n) is 6.72. The van der Waals surface area contributed by atoms with Crippen molar-refractivity contribution in [2.75, 3.05) is 13.1 Å². The summed E-state index contributed by atoms with van der Waals surface area (Å²) in [7, 11) is 0. The highest BCUT2D eigenvalue weighted by Crippen LogP contribution is 2.47. The molecule has 1 saturated heterocycles. The van der Waals surface area contributed by atoms with Crippen LogP contribution in [0, 0.1) is 17.2 Å². The first-order valence-electron chi connectivity index (χ1n) is 8.29. The molecule has 0 aromatic carbocycles. The average molecular weight is 303 g/mol. The topological polar surface area (TPSA) is 39.4 Å². The highest BCUT2D eigenvalue weighted by molar-refractivity contribution is 8.14. The van der Waals surface area contributed by atoms with Gasteiger partial charge in [0.2, 0.25) is 0 Å². The van der Waals surface area contributed by atoms with E-state index in [1.54, 1.807) is 0 Å². The van der Waals surface area contributed by atoms with Gasteiger partial charge in [-0.25, -0.2) is 4.99 Å². The van der Waals surface area contributed by atoms with Crippen LogP contribution in [0.1, 0.15) is 52.4 Å². The Bertz CT molecular complexity index is 497. The quantitative estimate of drug-likeness (QED) is 0.775. The Labute approximate surface area is 132 Å². The molecule has 0 spiro atoms. The zero-order valence-corrected chi connectivity index (χ0v) is 14.0. The normalized spacial score (nSPS) is 33.3. The van der Waals surface area contributed by atoms with Gasteiger partial charge < -0.3 is 0 Å². The van der Waals surface area contributed by atoms with Gasteiger partial charge in [0.25, 0.3) is 0 Å². The lowest BCUT2D eigenvalue weighted by Gasteiger charge is -2.51. The van der Waals surface area contributed by atoms with Gasteiger partial charge in [-0.3, -0.25) is 4.90 Å². The van der Waals surface area contributed by atoms with Gasteiger partial charge in [-0.05, 0) is 44.8 Å². The molecule has 3 aliphatic rings. The number of hydrogen-bond donors (Lipinski definition) is 0. The van der Waals surface area contributed by atoms with E-state index in [0.29, 0.717) is 16.9 Å². The molecule has 1 saturated carbocycles. The highest BCUT2D eigenvalue weighted by Gasteiger charge is 2.51. The third-order valence-corrected chi connectivity index (χ3v) is 6.16. The van der Waals surface area contributed by atoms with Crippen molar-refractivity contribution in [1.82, 2.24) is 4.90 Å². The maximum absolute atomic E-state index is 9.33. The molecule has 0 N–H and O–H groups in total. The fourth-order valence-corrected chi connectivity index (χ4v) is 5.35. The number of nitriles is 1. The summed E-state index contributed by atoms with van der Waals surface area (Å²) >= 11 is 1.88. The second kappa shape index (κ2) is 6.14. The minimum atomic E-state index is 0.101. The lowest BCUT2D eigenvalue weighted by atomic mass is 9.70. The average Bonchev–Trinajstić information content (AvgIpc) is 3.01. The standard InChI is InChI=1S/C17H25N3S/c1-13(2)21-16-17(20-9-5-6-10-20)8-4-3-7-14(17)11-15(12-18)19-16/h11,13-14H,3-10H2,1-2H3. The van der Waals surface area contributed by atoms with Gasteiger partial charge in [0.05, 0.1) is 10.6 Å². The van der Waals surface area contributed by atoms with E-state index in [4.69, 9.17) is 4.99 Å². The number of likely N-dealkylation sites (tertiary alicyclic amines) is 1. The molecule has 0 radical (unpaired) electrons. The molecule has 114 valence electrons. The van der Waals surface area contributed by atoms with Crippen LogP contribution in [0.15, 0.2) is 16.8 Å². The Morgan fingerprint density at radius 1 is 1.33 bits per heavy atom. The lowest BCUT2D eigenvalue weighted by molar-refractivity contribution is 0.100. The first kappa shape index (κ1) is 15.1. The largest absolute Gasteiger partial charge is 0.291 e. The summed E-state index contributed by atoms with van der Waals surface area (Å²) in [6.45, 7) is 6.86. The number of thioether (sulfide) groups is 1. The lowest BCUT2D eigenvalue weighted by Crippen LogP contribution is -2.59. The summed E-state index contributed by atoms with van der Waals surface area (Å²) in [6, 6.07) is 2.29. The Morgan fingerprint density at radius 2 is 2.10 bits per heavy atom. The van der Waals surface area contributed by atoms with Gasteiger partial charge in [0.15, 0.2) is 0 Å². The Balaban J connectivity index is 2.03. The molecule has 2 heterocycles. The van der Waals surface area contributed by atoms with E-state index in [1.807, 2.05) is 11.8 Å². The van der Waals surface area contributed by atoms with Crippen LogP contribution in [0.25, 0.3) is 0 Å². The van der Waals surface area contributed by atoms with Gasteiger partial charge in [-0.2, -0.15) is 5.26 Å². The van der Waals surface area contributed by atoms with E-state index in [9.17, 15) is 5.26 Å². The van der Waals surface area contributed by atoms with Crippen LogP contribution in [-0.4, -0.2) is 33.8 Å². The molecule has 1 aliphatic carbocycles. The van der Waals surface area contributed by atoms with Crippen molar-refractivity contribution >= 4 is 16.8 Å². The molecule has 4 heteroatoms. The van der Waals surface area contributed by atoms with Crippen molar-refractivity contribution in [2.24, 2.45) is 10.9 Å². The van der Waals surface area contributed by atoms with E-state index >= 15 is 0 Å². The van der Waals surface area contributed by atoms with Crippen LogP contribution < -0.4 is 0 Å². The van der Waals surface area contributed by atoms with Crippen LogP contribution >= 0.6 is 11.8 Å². The SMILES string of the molecule is CC(C)SC1=NC(C#N)=CC2CCCCC12N1CCCC1. The van der Waals surface area contributed by atoms with E-state index in [-0.39, 0.29) is 5.54 Å². The number of nitrogens with zero attached hydrogens (tertiary/aromatic N) is 3. The smallest absolute Gasteiger partial charge is 0.137 e. The molecule has 2 unspecified atom stereocenters. The minimum absolute atomic E-state index is 0.101. The fourth-order valence-electron chi connectivity index (χ4n) is 4.16. The molecule has 0 aromatic rings. The molecule has 3 rings (SSSR count). The summed E-state index contributed by atoms with van der Waals surface area (Å²) in [5.74, 6) is 0.484. The van der Waals surface area contributed by atoms with Gasteiger partial charge in [-0.1, -0.05) is 26.7 Å². The molecule has 0 amide bonds. The molecule has 2 aliphatic heterocycles.